The number of hydrogen-bond donors (Lipinski definition) is 4. The number of nitrogens with zero attached hydrogens (tertiary/aromatic N) is 1. The van der Waals surface area contributed by atoms with Crippen molar-refractivity contribution in [1.29, 1.82) is 0 Å². The van der Waals surface area contributed by atoms with Crippen LogP contribution >= 0.6 is 0 Å². The number of nitrogens with two attached hydrogens (primary N) is 1. The van der Waals surface area contributed by atoms with E-state index in [1.54, 1.807) is 0 Å². The Kier molecular flexibility index (Phi) is 4.00. The molecule has 2 fully saturated rings. The van der Waals surface area contributed by atoms with Crippen molar-refractivity contribution in [2.45, 2.75) is 43.5 Å². The van der Waals surface area contributed by atoms with E-state index in [4.69, 9.17) is 10.3 Å². The molecule has 5 N–H and O–H groups in total. The van der Waals surface area contributed by atoms with Crippen LogP contribution in [-0.2, 0) is 19.7 Å². The molecule has 2 aliphatic heterocycles. The van der Waals surface area contributed by atoms with Crippen molar-refractivity contribution >= 4 is 21.9 Å². The number of carbonyl (C=O) groups is 2. The molecule has 2 amide bonds. The zero-order valence-corrected chi connectivity index (χ0v) is 12.3. The summed E-state index contributed by atoms with van der Waals surface area (Å²) in [5.74, 6) is -1.63. The van der Waals surface area contributed by atoms with Gasteiger partial charge in [-0.1, -0.05) is 0 Å². The maximum Gasteiger partial charge on any atom is 0.266 e. The van der Waals surface area contributed by atoms with Crippen molar-refractivity contribution in [3.8, 4) is 0 Å². The topological polar surface area (TPSA) is 150 Å². The van der Waals surface area contributed by atoms with Crippen LogP contribution in [0.15, 0.2) is 0 Å². The van der Waals surface area contributed by atoms with Gasteiger partial charge in [-0.05, 0) is 13.3 Å². The molecule has 0 aromatic carbocycles. The molecule has 9 nitrogen and oxygen atoms in total. The van der Waals surface area contributed by atoms with Gasteiger partial charge < -0.3 is 16.2 Å². The first kappa shape index (κ1) is 16.1. The van der Waals surface area contributed by atoms with Crippen LogP contribution in [0.4, 0.5) is 0 Å². The highest BCUT2D eigenvalue weighted by molar-refractivity contribution is 7.85. The fraction of sp³-hybridized carbons (Fsp3) is 0.818. The summed E-state index contributed by atoms with van der Waals surface area (Å²) in [6.45, 7) is 1.58. The Labute approximate surface area is 122 Å². The van der Waals surface area contributed by atoms with Gasteiger partial charge in [-0.15, -0.1) is 0 Å². The lowest BCUT2D eigenvalue weighted by Gasteiger charge is -2.57. The predicted molar refractivity (Wildman–Crippen MR) is 71.7 cm³/mol. The van der Waals surface area contributed by atoms with E-state index in [0.717, 1.165) is 0 Å². The van der Waals surface area contributed by atoms with Gasteiger partial charge in [0, 0.05) is 13.0 Å². The van der Waals surface area contributed by atoms with E-state index in [1.807, 2.05) is 0 Å². The maximum absolute atomic E-state index is 11.5. The third kappa shape index (κ3) is 3.03. The van der Waals surface area contributed by atoms with Crippen molar-refractivity contribution in [1.82, 2.24) is 10.2 Å². The van der Waals surface area contributed by atoms with E-state index in [2.05, 4.69) is 5.32 Å². The van der Waals surface area contributed by atoms with Gasteiger partial charge in [-0.3, -0.25) is 19.0 Å². The molecule has 4 atom stereocenters. The largest absolute Gasteiger partial charge is 0.391 e. The molecule has 2 unspecified atom stereocenters. The van der Waals surface area contributed by atoms with Gasteiger partial charge in [-0.25, -0.2) is 0 Å². The lowest BCUT2D eigenvalue weighted by Crippen LogP contribution is -2.79. The van der Waals surface area contributed by atoms with Gasteiger partial charge in [0.2, 0.25) is 11.8 Å². The summed E-state index contributed by atoms with van der Waals surface area (Å²) in [5, 5.41) is 12.4. The third-order valence-electron chi connectivity index (χ3n) is 4.16. The van der Waals surface area contributed by atoms with Crippen molar-refractivity contribution in [3.05, 3.63) is 0 Å². The SMILES string of the molecule is C[C@@H](O)[C@@H](C(N)=O)N1CC2(CCC(=O)N2)C1CS(=O)(=O)O. The number of rotatable bonds is 5. The molecule has 0 aliphatic carbocycles. The number of hydrogen-bond acceptors (Lipinski definition) is 6. The summed E-state index contributed by atoms with van der Waals surface area (Å²) < 4.78 is 31.5. The van der Waals surface area contributed by atoms with E-state index < -0.39 is 45.5 Å². The Morgan fingerprint density at radius 1 is 1.62 bits per heavy atom. The molecule has 0 radical (unpaired) electrons. The van der Waals surface area contributed by atoms with E-state index in [-0.39, 0.29) is 18.9 Å². The smallest absolute Gasteiger partial charge is 0.266 e. The van der Waals surface area contributed by atoms with Crippen molar-refractivity contribution < 1.29 is 27.7 Å². The quantitative estimate of drug-likeness (QED) is 0.407. The first-order valence-electron chi connectivity index (χ1n) is 6.55. The Balaban J connectivity index is 2.27. The van der Waals surface area contributed by atoms with E-state index in [0.29, 0.717) is 6.42 Å². The number of primary amides is 1. The van der Waals surface area contributed by atoms with Gasteiger partial charge in [0.1, 0.15) is 6.04 Å². The van der Waals surface area contributed by atoms with Crippen LogP contribution in [0.3, 0.4) is 0 Å². The molecule has 2 rings (SSSR count). The van der Waals surface area contributed by atoms with E-state index in [1.165, 1.54) is 11.8 Å². The average Bonchev–Trinajstić information content (AvgIpc) is 2.68. The Bertz CT molecular complexity index is 562. The number of likely N-dealkylation sites (tertiary alicyclic amines) is 1. The second-order valence-electron chi connectivity index (χ2n) is 5.73. The number of nitrogens with one attached hydrogen (secondary N) is 1. The molecule has 0 bridgehead atoms. The van der Waals surface area contributed by atoms with Crippen LogP contribution in [0.1, 0.15) is 19.8 Å². The fourth-order valence-corrected chi connectivity index (χ4v) is 4.19. The van der Waals surface area contributed by atoms with Gasteiger partial charge in [0.15, 0.2) is 0 Å². The molecule has 1 spiro atoms. The summed E-state index contributed by atoms with van der Waals surface area (Å²) in [7, 11) is -4.31. The highest BCUT2D eigenvalue weighted by atomic mass is 32.2. The molecule has 0 saturated carbocycles. The molecule has 120 valence electrons. The van der Waals surface area contributed by atoms with Crippen LogP contribution in [0, 0.1) is 0 Å². The fourth-order valence-electron chi connectivity index (χ4n) is 3.28. The summed E-state index contributed by atoms with van der Waals surface area (Å²) in [6.07, 6.45) is -0.430. The summed E-state index contributed by atoms with van der Waals surface area (Å²) in [5.41, 5.74) is 4.45. The predicted octanol–water partition coefficient (Wildman–Crippen LogP) is -2.56. The van der Waals surface area contributed by atoms with Crippen LogP contribution in [-0.4, -0.2) is 70.8 Å². The second-order valence-corrected chi connectivity index (χ2v) is 7.23. The number of carbonyl (C=O) groups excluding carboxylic acids is 2. The average molecular weight is 321 g/mol. The molecule has 10 heteroatoms. The highest BCUT2D eigenvalue weighted by Gasteiger charge is 2.59. The first-order valence-corrected chi connectivity index (χ1v) is 8.16. The van der Waals surface area contributed by atoms with Gasteiger partial charge in [0.05, 0.1) is 23.4 Å². The van der Waals surface area contributed by atoms with Gasteiger partial charge >= 0.3 is 0 Å². The minimum atomic E-state index is -4.31. The Morgan fingerprint density at radius 3 is 2.62 bits per heavy atom. The normalized spacial score (nSPS) is 32.5. The van der Waals surface area contributed by atoms with Crippen LogP contribution in [0.5, 0.6) is 0 Å². The van der Waals surface area contributed by atoms with Crippen LogP contribution in [0.2, 0.25) is 0 Å². The molecule has 2 heterocycles. The summed E-state index contributed by atoms with van der Waals surface area (Å²) in [4.78, 5) is 24.3. The summed E-state index contributed by atoms with van der Waals surface area (Å²) in [6, 6.07) is -1.87. The summed E-state index contributed by atoms with van der Waals surface area (Å²) >= 11 is 0. The molecular weight excluding hydrogens is 302 g/mol. The van der Waals surface area contributed by atoms with Crippen molar-refractivity contribution in [3.63, 3.8) is 0 Å². The molecule has 0 aromatic rings. The van der Waals surface area contributed by atoms with Crippen molar-refractivity contribution in [2.24, 2.45) is 5.73 Å². The molecule has 2 saturated heterocycles. The van der Waals surface area contributed by atoms with Crippen LogP contribution < -0.4 is 11.1 Å². The second kappa shape index (κ2) is 5.20. The number of aliphatic hydroxyl groups is 1. The maximum atomic E-state index is 11.5. The minimum Gasteiger partial charge on any atom is -0.391 e. The standard InChI is InChI=1S/C11H19N3O6S/c1-6(15)9(10(12)17)14-5-11(3-2-8(16)13-11)7(14)4-21(18,19)20/h6-7,9,15H,2-5H2,1H3,(H2,12,17)(H,13,16)(H,18,19,20)/t6-,7?,9+,11?/m1/s1. The number of amides is 2. The molecule has 0 aromatic heterocycles. The molecular formula is C11H19N3O6S. The Morgan fingerprint density at radius 2 is 2.24 bits per heavy atom. The zero-order valence-electron chi connectivity index (χ0n) is 11.5. The van der Waals surface area contributed by atoms with Crippen LogP contribution in [0.25, 0.3) is 0 Å². The lowest BCUT2D eigenvalue weighted by molar-refractivity contribution is -0.139. The number of aliphatic hydroxyl groups excluding tert-OH is 1. The zero-order chi connectivity index (χ0) is 16.0. The van der Waals surface area contributed by atoms with Gasteiger partial charge in [0.25, 0.3) is 10.1 Å². The van der Waals surface area contributed by atoms with Crippen molar-refractivity contribution in [2.75, 3.05) is 12.3 Å². The molecule has 21 heavy (non-hydrogen) atoms. The molecule has 2 aliphatic rings. The Hall–Kier alpha value is -1.23. The third-order valence-corrected chi connectivity index (χ3v) is 4.90. The monoisotopic (exact) mass is 321 g/mol. The van der Waals surface area contributed by atoms with E-state index in [9.17, 15) is 23.1 Å². The van der Waals surface area contributed by atoms with E-state index >= 15 is 0 Å². The van der Waals surface area contributed by atoms with Gasteiger partial charge in [-0.2, -0.15) is 8.42 Å². The first-order chi connectivity index (χ1) is 9.56. The highest BCUT2D eigenvalue weighted by Crippen LogP contribution is 2.39. The lowest BCUT2D eigenvalue weighted by atomic mass is 9.77. The minimum absolute atomic E-state index is 0.206.